The Morgan fingerprint density at radius 2 is 2.14 bits per heavy atom. The minimum Gasteiger partial charge on any atom is -0.380 e. The maximum Gasteiger partial charge on any atom is 0.226 e. The monoisotopic (exact) mass is 291 g/mol. The molecule has 1 amide bonds. The largest absolute Gasteiger partial charge is 0.380 e. The van der Waals surface area contributed by atoms with Gasteiger partial charge in [-0.15, -0.1) is 0 Å². The highest BCUT2D eigenvalue weighted by atomic mass is 16.5. The molecule has 0 aromatic rings. The molecule has 0 radical (unpaired) electrons. The van der Waals surface area contributed by atoms with Gasteiger partial charge in [0.05, 0.1) is 19.8 Å². The Labute approximate surface area is 126 Å². The first-order valence-corrected chi connectivity index (χ1v) is 8.36. The van der Waals surface area contributed by atoms with Crippen molar-refractivity contribution in [3.8, 4) is 0 Å². The highest BCUT2D eigenvalue weighted by Gasteiger charge is 2.52. The summed E-state index contributed by atoms with van der Waals surface area (Å²) >= 11 is 0. The summed E-state index contributed by atoms with van der Waals surface area (Å²) in [7, 11) is 0. The van der Waals surface area contributed by atoms with Crippen LogP contribution in [0.2, 0.25) is 0 Å². The number of carbonyl (C=O) groups excluding carboxylic acids is 1. The smallest absolute Gasteiger partial charge is 0.226 e. The minimum absolute atomic E-state index is 0.0661. The molecule has 0 N–H and O–H groups in total. The van der Waals surface area contributed by atoms with Crippen molar-refractivity contribution in [1.29, 1.82) is 0 Å². The van der Waals surface area contributed by atoms with Gasteiger partial charge in [-0.3, -0.25) is 4.79 Å². The fraction of sp³-hybridized carbons (Fsp3) is 0.824. The summed E-state index contributed by atoms with van der Waals surface area (Å²) in [6.45, 7) is 4.91. The number of hydrogen-bond acceptors (Lipinski definition) is 3. The van der Waals surface area contributed by atoms with Crippen LogP contribution >= 0.6 is 0 Å². The zero-order chi connectivity index (χ0) is 14.3. The van der Waals surface area contributed by atoms with Crippen LogP contribution in [0.5, 0.6) is 0 Å². The van der Waals surface area contributed by atoms with Crippen molar-refractivity contribution >= 4 is 5.91 Å². The molecule has 0 spiro atoms. The van der Waals surface area contributed by atoms with Gasteiger partial charge in [-0.1, -0.05) is 12.2 Å². The van der Waals surface area contributed by atoms with Gasteiger partial charge in [-0.2, -0.15) is 0 Å². The van der Waals surface area contributed by atoms with Crippen LogP contribution in [0.4, 0.5) is 0 Å². The van der Waals surface area contributed by atoms with Crippen molar-refractivity contribution in [1.82, 2.24) is 4.90 Å². The second-order valence-corrected chi connectivity index (χ2v) is 7.39. The molecule has 21 heavy (non-hydrogen) atoms. The maximum absolute atomic E-state index is 12.6. The Hall–Kier alpha value is -0.870. The van der Waals surface area contributed by atoms with Crippen molar-refractivity contribution in [2.45, 2.75) is 25.7 Å². The number of likely N-dealkylation sites (tertiary alicyclic amines) is 1. The van der Waals surface area contributed by atoms with Gasteiger partial charge in [-0.05, 0) is 31.6 Å². The minimum atomic E-state index is 0.0661. The van der Waals surface area contributed by atoms with Crippen molar-refractivity contribution in [3.63, 3.8) is 0 Å². The van der Waals surface area contributed by atoms with E-state index in [1.165, 1.54) is 12.8 Å². The van der Waals surface area contributed by atoms with Gasteiger partial charge in [0.25, 0.3) is 0 Å². The third-order valence-electron chi connectivity index (χ3n) is 5.63. The SMILES string of the molecule is O=C(C1CC=CC1)N1C[C@H]2COC[C@@]2(COCC2CC2)C1. The first-order chi connectivity index (χ1) is 10.3. The number of nitrogens with zero attached hydrogens (tertiary/aromatic N) is 1. The van der Waals surface area contributed by atoms with Crippen LogP contribution in [0.25, 0.3) is 0 Å². The van der Waals surface area contributed by atoms with Gasteiger partial charge >= 0.3 is 0 Å². The number of rotatable bonds is 5. The molecular formula is C17H25NO3. The molecule has 2 heterocycles. The molecule has 4 rings (SSSR count). The number of amides is 1. The van der Waals surface area contributed by atoms with Gasteiger partial charge in [0, 0.05) is 36.9 Å². The topological polar surface area (TPSA) is 38.8 Å². The van der Waals surface area contributed by atoms with Gasteiger partial charge in [-0.25, -0.2) is 0 Å². The standard InChI is InChI=1S/C17H25NO3/c19-16(14-3-1-2-4-14)18-7-15-9-21-12-17(15,10-18)11-20-8-13-5-6-13/h1-2,13-15H,3-12H2/t15-,17-/m0/s1. The zero-order valence-electron chi connectivity index (χ0n) is 12.6. The number of fused-ring (bicyclic) bond motifs is 1. The normalized spacial score (nSPS) is 35.6. The predicted octanol–water partition coefficient (Wildman–Crippen LogP) is 1.85. The Morgan fingerprint density at radius 1 is 1.33 bits per heavy atom. The van der Waals surface area contributed by atoms with Gasteiger partial charge in [0.15, 0.2) is 0 Å². The van der Waals surface area contributed by atoms with E-state index in [1.54, 1.807) is 0 Å². The second-order valence-electron chi connectivity index (χ2n) is 7.39. The van der Waals surface area contributed by atoms with E-state index in [0.717, 1.165) is 58.3 Å². The van der Waals surface area contributed by atoms with Crippen LogP contribution in [0, 0.1) is 23.2 Å². The number of allylic oxidation sites excluding steroid dienone is 2. The number of hydrogen-bond donors (Lipinski definition) is 0. The molecule has 2 aliphatic heterocycles. The molecule has 2 saturated heterocycles. The molecule has 4 aliphatic rings. The Morgan fingerprint density at radius 3 is 2.90 bits per heavy atom. The van der Waals surface area contributed by atoms with Crippen LogP contribution in [-0.2, 0) is 14.3 Å². The highest BCUT2D eigenvalue weighted by Crippen LogP contribution is 2.43. The summed E-state index contributed by atoms with van der Waals surface area (Å²) in [5, 5.41) is 0. The summed E-state index contributed by atoms with van der Waals surface area (Å²) < 4.78 is 11.7. The molecular weight excluding hydrogens is 266 g/mol. The first kappa shape index (κ1) is 13.8. The summed E-state index contributed by atoms with van der Waals surface area (Å²) in [5.41, 5.74) is 0.0661. The van der Waals surface area contributed by atoms with E-state index < -0.39 is 0 Å². The third kappa shape index (κ3) is 2.64. The highest BCUT2D eigenvalue weighted by molar-refractivity contribution is 5.80. The third-order valence-corrected chi connectivity index (χ3v) is 5.63. The van der Waals surface area contributed by atoms with Crippen LogP contribution in [0.1, 0.15) is 25.7 Å². The van der Waals surface area contributed by atoms with E-state index in [2.05, 4.69) is 17.1 Å². The van der Waals surface area contributed by atoms with Crippen molar-refractivity contribution in [2.75, 3.05) is 39.5 Å². The van der Waals surface area contributed by atoms with Crippen molar-refractivity contribution < 1.29 is 14.3 Å². The Kier molecular flexibility index (Phi) is 3.54. The van der Waals surface area contributed by atoms with E-state index in [1.807, 2.05) is 0 Å². The van der Waals surface area contributed by atoms with Crippen LogP contribution < -0.4 is 0 Å². The van der Waals surface area contributed by atoms with Crippen LogP contribution in [-0.4, -0.2) is 50.3 Å². The van der Waals surface area contributed by atoms with E-state index in [0.29, 0.717) is 11.8 Å². The lowest BCUT2D eigenvalue weighted by Crippen LogP contribution is -2.39. The zero-order valence-corrected chi connectivity index (χ0v) is 12.6. The Bertz CT molecular complexity index is 437. The number of ether oxygens (including phenoxy) is 2. The van der Waals surface area contributed by atoms with Crippen molar-refractivity contribution in [2.24, 2.45) is 23.2 Å². The fourth-order valence-corrected chi connectivity index (χ4v) is 3.99. The number of carbonyl (C=O) groups is 1. The average molecular weight is 291 g/mol. The summed E-state index contributed by atoms with van der Waals surface area (Å²) in [6.07, 6.45) is 8.76. The van der Waals surface area contributed by atoms with Gasteiger partial charge < -0.3 is 14.4 Å². The molecule has 2 aliphatic carbocycles. The molecule has 0 unspecified atom stereocenters. The molecule has 4 nitrogen and oxygen atoms in total. The lowest BCUT2D eigenvalue weighted by molar-refractivity contribution is -0.135. The Balaban J connectivity index is 1.37. The molecule has 2 atom stereocenters. The van der Waals surface area contributed by atoms with Crippen molar-refractivity contribution in [3.05, 3.63) is 12.2 Å². The van der Waals surface area contributed by atoms with Crippen LogP contribution in [0.15, 0.2) is 12.2 Å². The van der Waals surface area contributed by atoms with Gasteiger partial charge in [0.2, 0.25) is 5.91 Å². The van der Waals surface area contributed by atoms with E-state index in [4.69, 9.17) is 9.47 Å². The fourth-order valence-electron chi connectivity index (χ4n) is 3.99. The summed E-state index contributed by atoms with van der Waals surface area (Å²) in [4.78, 5) is 14.7. The lowest BCUT2D eigenvalue weighted by Gasteiger charge is -2.27. The first-order valence-electron chi connectivity index (χ1n) is 8.36. The predicted molar refractivity (Wildman–Crippen MR) is 78.7 cm³/mol. The second kappa shape index (κ2) is 5.40. The lowest BCUT2D eigenvalue weighted by atomic mass is 9.82. The van der Waals surface area contributed by atoms with E-state index >= 15 is 0 Å². The average Bonchev–Trinajstić information content (AvgIpc) is 2.91. The van der Waals surface area contributed by atoms with E-state index in [9.17, 15) is 4.79 Å². The van der Waals surface area contributed by atoms with Crippen LogP contribution in [0.3, 0.4) is 0 Å². The molecule has 4 heteroatoms. The van der Waals surface area contributed by atoms with E-state index in [-0.39, 0.29) is 11.3 Å². The molecule has 116 valence electrons. The van der Waals surface area contributed by atoms with Gasteiger partial charge in [0.1, 0.15) is 0 Å². The maximum atomic E-state index is 12.6. The summed E-state index contributed by atoms with van der Waals surface area (Å²) in [5.74, 6) is 1.80. The molecule has 0 aromatic heterocycles. The molecule has 0 bridgehead atoms. The molecule has 1 saturated carbocycles. The molecule has 0 aromatic carbocycles. The summed E-state index contributed by atoms with van der Waals surface area (Å²) in [6, 6.07) is 0. The quantitative estimate of drug-likeness (QED) is 0.726. The molecule has 3 fully saturated rings.